The summed E-state index contributed by atoms with van der Waals surface area (Å²) in [6.07, 6.45) is -6.76. The summed E-state index contributed by atoms with van der Waals surface area (Å²) < 4.78 is 42.5. The summed E-state index contributed by atoms with van der Waals surface area (Å²) >= 11 is 0. The van der Waals surface area contributed by atoms with Gasteiger partial charge in [0, 0.05) is 11.3 Å². The van der Waals surface area contributed by atoms with Crippen molar-refractivity contribution in [1.29, 1.82) is 5.41 Å². The highest BCUT2D eigenvalue weighted by Crippen LogP contribution is 2.31. The molecular weight excluding hydrogens is 303 g/mol. The summed E-state index contributed by atoms with van der Waals surface area (Å²) in [5.74, 6) is -3.60. The highest BCUT2D eigenvalue weighted by atomic mass is 19.4. The standard InChI is InChI=1S/C13H14F3N3O3/c1-7-18-19-11(22-7)9-4-2-8(3-5-9)10(17)6-12(20,21)13(14,15)16/h2-5,7,17-18,20-21H,6H2,1H3. The molecule has 0 spiro atoms. The molecule has 1 heterocycles. The van der Waals surface area contributed by atoms with Gasteiger partial charge >= 0.3 is 6.18 Å². The van der Waals surface area contributed by atoms with E-state index in [4.69, 9.17) is 20.4 Å². The number of alkyl halides is 3. The van der Waals surface area contributed by atoms with Gasteiger partial charge in [-0.05, 0) is 24.6 Å². The maximum absolute atomic E-state index is 12.4. The predicted molar refractivity (Wildman–Crippen MR) is 71.3 cm³/mol. The van der Waals surface area contributed by atoms with Crippen LogP contribution in [0.3, 0.4) is 0 Å². The lowest BCUT2D eigenvalue weighted by Crippen LogP contribution is -2.46. The minimum atomic E-state index is -5.23. The molecule has 0 amide bonds. The fraction of sp³-hybridized carbons (Fsp3) is 0.385. The number of hydrazone groups is 1. The molecule has 22 heavy (non-hydrogen) atoms. The second kappa shape index (κ2) is 5.58. The van der Waals surface area contributed by atoms with Gasteiger partial charge in [0.1, 0.15) is 0 Å². The SMILES string of the molecule is CC1NN=C(c2ccc(C(=N)CC(O)(O)C(F)(F)F)cc2)O1. The Labute approximate surface area is 123 Å². The number of rotatable bonds is 4. The number of hydrogen-bond acceptors (Lipinski definition) is 6. The van der Waals surface area contributed by atoms with E-state index in [1.165, 1.54) is 24.3 Å². The molecule has 0 radical (unpaired) electrons. The van der Waals surface area contributed by atoms with Gasteiger partial charge in [0.05, 0.1) is 6.42 Å². The average Bonchev–Trinajstić information content (AvgIpc) is 2.84. The maximum atomic E-state index is 12.4. The van der Waals surface area contributed by atoms with Gasteiger partial charge in [0.2, 0.25) is 5.90 Å². The van der Waals surface area contributed by atoms with Gasteiger partial charge in [-0.2, -0.15) is 13.2 Å². The lowest BCUT2D eigenvalue weighted by Gasteiger charge is -2.24. The van der Waals surface area contributed by atoms with Gasteiger partial charge in [0.15, 0.2) is 6.23 Å². The Morgan fingerprint density at radius 2 is 1.91 bits per heavy atom. The molecule has 1 atom stereocenters. The lowest BCUT2D eigenvalue weighted by molar-refractivity contribution is -0.344. The van der Waals surface area contributed by atoms with E-state index in [9.17, 15) is 13.2 Å². The summed E-state index contributed by atoms with van der Waals surface area (Å²) in [4.78, 5) is 0. The van der Waals surface area contributed by atoms with E-state index in [1.807, 2.05) is 0 Å². The molecule has 1 aliphatic heterocycles. The van der Waals surface area contributed by atoms with Crippen molar-refractivity contribution in [3.05, 3.63) is 35.4 Å². The van der Waals surface area contributed by atoms with Gasteiger partial charge in [-0.1, -0.05) is 12.1 Å². The smallest absolute Gasteiger partial charge is 0.443 e. The van der Waals surface area contributed by atoms with E-state index < -0.39 is 24.1 Å². The molecule has 0 saturated heterocycles. The highest BCUT2D eigenvalue weighted by Gasteiger charge is 2.53. The number of aliphatic hydroxyl groups is 2. The fourth-order valence-electron chi connectivity index (χ4n) is 1.77. The third-order valence-corrected chi connectivity index (χ3v) is 2.99. The summed E-state index contributed by atoms with van der Waals surface area (Å²) in [5.41, 5.74) is 2.86. The van der Waals surface area contributed by atoms with Crippen molar-refractivity contribution in [2.45, 2.75) is 31.5 Å². The van der Waals surface area contributed by atoms with Crippen molar-refractivity contribution in [2.75, 3.05) is 0 Å². The van der Waals surface area contributed by atoms with Gasteiger partial charge in [-0.3, -0.25) is 5.43 Å². The minimum Gasteiger partial charge on any atom is -0.451 e. The Morgan fingerprint density at radius 1 is 1.32 bits per heavy atom. The first-order chi connectivity index (χ1) is 10.1. The Bertz CT molecular complexity index is 597. The van der Waals surface area contributed by atoms with Crippen molar-refractivity contribution in [3.8, 4) is 0 Å². The van der Waals surface area contributed by atoms with Crippen molar-refractivity contribution in [2.24, 2.45) is 5.10 Å². The van der Waals surface area contributed by atoms with Crippen molar-refractivity contribution in [1.82, 2.24) is 5.43 Å². The Balaban J connectivity index is 2.09. The van der Waals surface area contributed by atoms with Gasteiger partial charge in [-0.25, -0.2) is 0 Å². The molecule has 4 N–H and O–H groups in total. The molecule has 120 valence electrons. The molecule has 6 nitrogen and oxygen atoms in total. The van der Waals surface area contributed by atoms with E-state index >= 15 is 0 Å². The van der Waals surface area contributed by atoms with E-state index in [0.29, 0.717) is 11.5 Å². The summed E-state index contributed by atoms with van der Waals surface area (Å²) in [5, 5.41) is 29.5. The van der Waals surface area contributed by atoms with Crippen LogP contribution in [0.2, 0.25) is 0 Å². The largest absolute Gasteiger partial charge is 0.451 e. The van der Waals surface area contributed by atoms with Crippen LogP contribution in [0.15, 0.2) is 29.4 Å². The number of nitrogens with one attached hydrogen (secondary N) is 2. The molecule has 2 rings (SSSR count). The Kier molecular flexibility index (Phi) is 4.12. The zero-order chi connectivity index (χ0) is 16.5. The molecule has 1 aromatic rings. The van der Waals surface area contributed by atoms with Crippen LogP contribution in [0, 0.1) is 5.41 Å². The van der Waals surface area contributed by atoms with Crippen LogP contribution in [-0.2, 0) is 4.74 Å². The number of hydrogen-bond donors (Lipinski definition) is 4. The quantitative estimate of drug-likeness (QED) is 0.497. The van der Waals surface area contributed by atoms with Crippen LogP contribution < -0.4 is 5.43 Å². The molecule has 0 fully saturated rings. The average molecular weight is 317 g/mol. The van der Waals surface area contributed by atoms with Crippen LogP contribution in [0.1, 0.15) is 24.5 Å². The zero-order valence-corrected chi connectivity index (χ0v) is 11.5. The van der Waals surface area contributed by atoms with Crippen molar-refractivity contribution < 1.29 is 28.1 Å². The summed E-state index contributed by atoms with van der Waals surface area (Å²) in [6.45, 7) is 1.75. The van der Waals surface area contributed by atoms with Crippen LogP contribution >= 0.6 is 0 Å². The van der Waals surface area contributed by atoms with E-state index in [2.05, 4.69) is 10.5 Å². The minimum absolute atomic E-state index is 0.139. The number of benzene rings is 1. The molecule has 9 heteroatoms. The Morgan fingerprint density at radius 3 is 2.36 bits per heavy atom. The first-order valence-corrected chi connectivity index (χ1v) is 6.30. The van der Waals surface area contributed by atoms with Crippen LogP contribution in [0.25, 0.3) is 0 Å². The van der Waals surface area contributed by atoms with Crippen molar-refractivity contribution >= 4 is 11.6 Å². The zero-order valence-electron chi connectivity index (χ0n) is 11.5. The summed E-state index contributed by atoms with van der Waals surface area (Å²) in [7, 11) is 0. The molecule has 0 aromatic heterocycles. The molecule has 1 unspecified atom stereocenters. The van der Waals surface area contributed by atoms with E-state index in [-0.39, 0.29) is 11.8 Å². The van der Waals surface area contributed by atoms with Crippen molar-refractivity contribution in [3.63, 3.8) is 0 Å². The van der Waals surface area contributed by atoms with Crippen LogP contribution in [0.4, 0.5) is 13.2 Å². The van der Waals surface area contributed by atoms with E-state index in [1.54, 1.807) is 6.92 Å². The van der Waals surface area contributed by atoms with Gasteiger partial charge in [0.25, 0.3) is 5.79 Å². The van der Waals surface area contributed by atoms with Crippen LogP contribution in [0.5, 0.6) is 0 Å². The summed E-state index contributed by atoms with van der Waals surface area (Å²) in [6, 6.07) is 5.82. The number of halogens is 3. The molecule has 0 bridgehead atoms. The maximum Gasteiger partial charge on any atom is 0.443 e. The van der Waals surface area contributed by atoms with Gasteiger partial charge < -0.3 is 20.4 Å². The predicted octanol–water partition coefficient (Wildman–Crippen LogP) is 1.32. The number of ether oxygens (including phenoxy) is 1. The monoisotopic (exact) mass is 317 g/mol. The lowest BCUT2D eigenvalue weighted by atomic mass is 10.0. The third-order valence-electron chi connectivity index (χ3n) is 2.99. The first kappa shape index (κ1) is 16.2. The second-order valence-electron chi connectivity index (χ2n) is 4.85. The number of nitrogens with zero attached hydrogens (tertiary/aromatic N) is 1. The molecule has 1 aromatic carbocycles. The van der Waals surface area contributed by atoms with Crippen LogP contribution in [-0.4, -0.2) is 40.0 Å². The van der Waals surface area contributed by atoms with E-state index in [0.717, 1.165) is 0 Å². The first-order valence-electron chi connectivity index (χ1n) is 6.30. The van der Waals surface area contributed by atoms with Gasteiger partial charge in [-0.15, -0.1) is 5.10 Å². The molecular formula is C13H14F3N3O3. The Hall–Kier alpha value is -2.13. The fourth-order valence-corrected chi connectivity index (χ4v) is 1.77. The highest BCUT2D eigenvalue weighted by molar-refractivity contribution is 6.00. The molecule has 0 saturated carbocycles. The molecule has 1 aliphatic rings. The molecule has 0 aliphatic carbocycles. The normalized spacial score (nSPS) is 18.5. The third kappa shape index (κ3) is 3.37. The second-order valence-corrected chi connectivity index (χ2v) is 4.85. The topological polar surface area (TPSA) is 97.9 Å².